The van der Waals surface area contributed by atoms with Gasteiger partial charge < -0.3 is 41.6 Å². The number of nitrogens with zero attached hydrogens (tertiary/aromatic N) is 5. The molecule has 0 radical (unpaired) electrons. The van der Waals surface area contributed by atoms with Crippen LogP contribution < -0.4 is 16.4 Å². The fraction of sp³-hybridized carbons (Fsp3) is 0.269. The molecule has 2 aliphatic rings. The van der Waals surface area contributed by atoms with E-state index in [0.29, 0.717) is 0 Å². The van der Waals surface area contributed by atoms with E-state index in [2.05, 4.69) is 30.7 Å². The van der Waals surface area contributed by atoms with Crippen molar-refractivity contribution in [1.82, 2.24) is 30.5 Å². The largest absolute Gasteiger partial charge is 0.504 e. The molecule has 3 amide bonds. The Morgan fingerprint density at radius 1 is 1.13 bits per heavy atom. The zero-order valence-corrected chi connectivity index (χ0v) is 25.4. The highest BCUT2D eigenvalue weighted by atomic mass is 32.2. The first-order valence-corrected chi connectivity index (χ1v) is 15.0. The van der Waals surface area contributed by atoms with Crippen LogP contribution in [0.5, 0.6) is 11.5 Å². The summed E-state index contributed by atoms with van der Waals surface area (Å²) in [5.74, 6) is -5.99. The number of hydrogen-bond acceptors (Lipinski definition) is 15. The third-order valence-corrected chi connectivity index (χ3v) is 8.74. The number of aromatic hydroxyl groups is 2. The van der Waals surface area contributed by atoms with E-state index >= 15 is 0 Å². The van der Waals surface area contributed by atoms with Gasteiger partial charge in [0.15, 0.2) is 22.3 Å². The fourth-order valence-corrected chi connectivity index (χ4v) is 6.15. The van der Waals surface area contributed by atoms with Crippen molar-refractivity contribution in [2.45, 2.75) is 30.9 Å². The van der Waals surface area contributed by atoms with Crippen LogP contribution >= 0.6 is 23.1 Å². The maximum atomic E-state index is 13.2. The van der Waals surface area contributed by atoms with E-state index in [1.165, 1.54) is 25.3 Å². The van der Waals surface area contributed by atoms with Crippen LogP contribution in [0.15, 0.2) is 40.1 Å². The molecule has 46 heavy (non-hydrogen) atoms. The molecule has 2 atom stereocenters. The highest BCUT2D eigenvalue weighted by Gasteiger charge is 2.54. The molecule has 4 heterocycles. The molecule has 1 saturated heterocycles. The van der Waals surface area contributed by atoms with Crippen molar-refractivity contribution in [1.29, 1.82) is 0 Å². The first kappa shape index (κ1) is 31.9. The maximum absolute atomic E-state index is 13.2. The number of oxime groups is 1. The molecule has 18 nitrogen and oxygen atoms in total. The molecular weight excluding hydrogens is 648 g/mol. The molecule has 0 unspecified atom stereocenters. The van der Waals surface area contributed by atoms with Crippen LogP contribution in [0.1, 0.15) is 30.0 Å². The van der Waals surface area contributed by atoms with Crippen LogP contribution in [0.3, 0.4) is 0 Å². The summed E-state index contributed by atoms with van der Waals surface area (Å²) in [6, 6.07) is 1.13. The number of aromatic nitrogens is 3. The Labute approximate surface area is 266 Å². The van der Waals surface area contributed by atoms with Crippen molar-refractivity contribution in [2.24, 2.45) is 5.16 Å². The van der Waals surface area contributed by atoms with E-state index in [1.807, 2.05) is 0 Å². The van der Waals surface area contributed by atoms with Crippen molar-refractivity contribution < 1.29 is 49.2 Å². The Balaban J connectivity index is 1.30. The lowest BCUT2D eigenvalue weighted by molar-refractivity contribution is -0.161. The van der Waals surface area contributed by atoms with Crippen molar-refractivity contribution >= 4 is 74.6 Å². The SMILES string of the molecule is CC(C)(O/N=C(\C(=O)N[C@@H]1C(=O)N2C(C(=O)O)=C(CNC(=O)c3cnc4cc(O)c(O)cc4n3)CS[C@H]12)c1csc(N)n1)C(=O)O. The van der Waals surface area contributed by atoms with Crippen molar-refractivity contribution in [3.63, 3.8) is 0 Å². The molecule has 240 valence electrons. The van der Waals surface area contributed by atoms with Crippen molar-refractivity contribution in [3.8, 4) is 11.5 Å². The number of anilines is 1. The minimum absolute atomic E-state index is 0.0312. The average molecular weight is 673 g/mol. The van der Waals surface area contributed by atoms with E-state index in [4.69, 9.17) is 10.6 Å². The van der Waals surface area contributed by atoms with Crippen LogP contribution in [0.2, 0.25) is 0 Å². The maximum Gasteiger partial charge on any atom is 0.352 e. The summed E-state index contributed by atoms with van der Waals surface area (Å²) in [5.41, 5.74) is 3.44. The Hall–Kier alpha value is -5.50. The minimum atomic E-state index is -1.81. The molecule has 2 aromatic heterocycles. The number of phenolic OH excluding ortho intramolecular Hbond substituents is 2. The van der Waals surface area contributed by atoms with E-state index < -0.39 is 63.9 Å². The predicted octanol–water partition coefficient (Wildman–Crippen LogP) is -0.168. The molecular formula is C26H24N8O10S2. The number of phenols is 2. The normalized spacial score (nSPS) is 18.1. The number of amides is 3. The lowest BCUT2D eigenvalue weighted by atomic mass is 10.0. The number of hydrogen-bond donors (Lipinski definition) is 7. The number of carbonyl (C=O) groups excluding carboxylic acids is 3. The van der Waals surface area contributed by atoms with Crippen LogP contribution in [0.4, 0.5) is 5.13 Å². The summed E-state index contributed by atoms with van der Waals surface area (Å²) in [4.78, 5) is 81.1. The number of β-lactam (4-membered cyclic amide) rings is 1. The number of thioether (sulfide) groups is 1. The van der Waals surface area contributed by atoms with Gasteiger partial charge in [-0.3, -0.25) is 24.3 Å². The Morgan fingerprint density at radius 3 is 2.46 bits per heavy atom. The summed E-state index contributed by atoms with van der Waals surface area (Å²) in [7, 11) is 0. The molecule has 0 saturated carbocycles. The number of aliphatic carboxylic acids is 2. The number of rotatable bonds is 10. The van der Waals surface area contributed by atoms with Gasteiger partial charge in [-0.1, -0.05) is 5.16 Å². The van der Waals surface area contributed by atoms with Gasteiger partial charge in [-0.05, 0) is 19.4 Å². The fourth-order valence-electron chi connectivity index (χ4n) is 4.25. The zero-order chi connectivity index (χ0) is 33.5. The second-order valence-electron chi connectivity index (χ2n) is 10.3. The molecule has 5 rings (SSSR count). The van der Waals surface area contributed by atoms with E-state index in [1.54, 1.807) is 0 Å². The van der Waals surface area contributed by atoms with Crippen LogP contribution in [0, 0.1) is 0 Å². The summed E-state index contributed by atoms with van der Waals surface area (Å²) >= 11 is 2.12. The second kappa shape index (κ2) is 12.1. The standard InChI is InChI=1S/C26H24N8O10S2/c1-26(2,24(42)43)44-33-16(13-8-46-25(27)31-13)20(38)32-17-21(39)34-18(23(40)41)9(7-45-22(17)34)5-29-19(37)12-6-28-10-3-14(35)15(36)4-11(10)30-12/h3-4,6,8,17,22,35-36H,5,7H2,1-2H3,(H2,27,31)(H,29,37)(H,32,38)(H,40,41)(H,42,43)/b33-16-/t17-,22-/m1/s1. The molecule has 1 aromatic carbocycles. The first-order chi connectivity index (χ1) is 21.7. The van der Waals surface area contributed by atoms with Gasteiger partial charge in [-0.25, -0.2) is 19.6 Å². The highest BCUT2D eigenvalue weighted by Crippen LogP contribution is 2.40. The number of fused-ring (bicyclic) bond motifs is 2. The van der Waals surface area contributed by atoms with Crippen molar-refractivity contribution in [3.05, 3.63) is 46.4 Å². The molecule has 20 heteroatoms. The highest BCUT2D eigenvalue weighted by molar-refractivity contribution is 8.00. The summed E-state index contributed by atoms with van der Waals surface area (Å²) in [5, 5.41) is 48.0. The summed E-state index contributed by atoms with van der Waals surface area (Å²) in [6.07, 6.45) is 1.14. The minimum Gasteiger partial charge on any atom is -0.504 e. The average Bonchev–Trinajstić information content (AvgIpc) is 3.43. The number of nitrogens with one attached hydrogen (secondary N) is 2. The van der Waals surface area contributed by atoms with Gasteiger partial charge in [-0.2, -0.15) is 0 Å². The van der Waals surface area contributed by atoms with Gasteiger partial charge in [0, 0.05) is 29.8 Å². The lowest BCUT2D eigenvalue weighted by Crippen LogP contribution is -2.71. The number of benzene rings is 1. The molecule has 0 aliphatic carbocycles. The number of nitrogen functional groups attached to an aromatic ring is 1. The van der Waals surface area contributed by atoms with Gasteiger partial charge in [0.1, 0.15) is 28.5 Å². The van der Waals surface area contributed by atoms with Crippen LogP contribution in [0.25, 0.3) is 11.0 Å². The van der Waals surface area contributed by atoms with Gasteiger partial charge in [-0.15, -0.1) is 23.1 Å². The second-order valence-corrected chi connectivity index (χ2v) is 12.3. The molecule has 3 aromatic rings. The molecule has 1 fully saturated rings. The van der Waals surface area contributed by atoms with Gasteiger partial charge >= 0.3 is 11.9 Å². The molecule has 0 spiro atoms. The first-order valence-electron chi connectivity index (χ1n) is 13.1. The molecule has 0 bridgehead atoms. The monoisotopic (exact) mass is 672 g/mol. The Kier molecular flexibility index (Phi) is 8.41. The van der Waals surface area contributed by atoms with E-state index in [-0.39, 0.29) is 51.1 Å². The van der Waals surface area contributed by atoms with Crippen LogP contribution in [-0.2, 0) is 24.0 Å². The zero-order valence-electron chi connectivity index (χ0n) is 23.7. The molecule has 2 aliphatic heterocycles. The smallest absolute Gasteiger partial charge is 0.352 e. The van der Waals surface area contributed by atoms with Gasteiger partial charge in [0.05, 0.1) is 17.2 Å². The summed E-state index contributed by atoms with van der Waals surface area (Å²) in [6.45, 7) is 2.16. The van der Waals surface area contributed by atoms with Gasteiger partial charge in [0.2, 0.25) is 5.60 Å². The van der Waals surface area contributed by atoms with Crippen molar-refractivity contribution in [2.75, 3.05) is 18.0 Å². The Morgan fingerprint density at radius 2 is 1.83 bits per heavy atom. The third-order valence-electron chi connectivity index (χ3n) is 6.73. The number of carbonyl (C=O) groups is 5. The number of thiazole rings is 1. The predicted molar refractivity (Wildman–Crippen MR) is 161 cm³/mol. The molecule has 8 N–H and O–H groups in total. The van der Waals surface area contributed by atoms with Gasteiger partial charge in [0.25, 0.3) is 17.7 Å². The third kappa shape index (κ3) is 6.06. The number of carboxylic acids is 2. The quantitative estimate of drug-likeness (QED) is 0.0637. The van der Waals surface area contributed by atoms with Crippen LogP contribution in [-0.4, -0.2) is 105 Å². The topological polar surface area (TPSA) is 280 Å². The number of nitrogens with two attached hydrogens (primary N) is 1. The summed E-state index contributed by atoms with van der Waals surface area (Å²) < 4.78 is 0. The van der Waals surface area contributed by atoms with E-state index in [0.717, 1.165) is 40.3 Å². The van der Waals surface area contributed by atoms with E-state index in [9.17, 15) is 44.4 Å². The Bertz CT molecular complexity index is 1870. The lowest BCUT2D eigenvalue weighted by Gasteiger charge is -2.49. The number of carboxylic acid groups (broad SMARTS) is 2.